The molecule has 0 atom stereocenters. The summed E-state index contributed by atoms with van der Waals surface area (Å²) in [7, 11) is 0. The monoisotopic (exact) mass is 403 g/mol. The van der Waals surface area contributed by atoms with Crippen LogP contribution in [0.25, 0.3) is 21.8 Å². The van der Waals surface area contributed by atoms with E-state index in [2.05, 4.69) is 26.0 Å². The first kappa shape index (κ1) is 18.6. The van der Waals surface area contributed by atoms with Gasteiger partial charge in [-0.1, -0.05) is 60.7 Å². The number of hydrogen-bond acceptors (Lipinski definition) is 5. The van der Waals surface area contributed by atoms with Crippen LogP contribution in [0.5, 0.6) is 0 Å². The second kappa shape index (κ2) is 8.07. The summed E-state index contributed by atoms with van der Waals surface area (Å²) in [5.74, 6) is -0.878. The third-order valence-corrected chi connectivity index (χ3v) is 5.46. The molecule has 29 heavy (non-hydrogen) atoms. The van der Waals surface area contributed by atoms with Crippen molar-refractivity contribution in [2.75, 3.05) is 0 Å². The van der Waals surface area contributed by atoms with Crippen LogP contribution in [0.2, 0.25) is 0 Å². The van der Waals surface area contributed by atoms with Crippen molar-refractivity contribution in [2.45, 2.75) is 6.92 Å². The molecular weight excluding hydrogens is 386 g/mol. The number of amides is 2. The number of hydrazine groups is 1. The highest BCUT2D eigenvalue weighted by Gasteiger charge is 2.19. The third-order valence-electron chi connectivity index (χ3n) is 4.26. The number of nitrogens with zero attached hydrogens (tertiary/aromatic N) is 2. The third kappa shape index (κ3) is 3.92. The predicted octanol–water partition coefficient (Wildman–Crippen LogP) is 3.58. The Labute approximate surface area is 170 Å². The summed E-state index contributed by atoms with van der Waals surface area (Å²) < 4.78 is 0. The number of aryl methyl sites for hydroxylation is 1. The molecule has 0 spiro atoms. The van der Waals surface area contributed by atoms with Gasteiger partial charge in [-0.25, -0.2) is 4.98 Å². The number of benzene rings is 2. The molecule has 0 unspecified atom stereocenters. The van der Waals surface area contributed by atoms with Crippen molar-refractivity contribution in [1.29, 1.82) is 0 Å². The van der Waals surface area contributed by atoms with Crippen molar-refractivity contribution in [3.8, 4) is 21.8 Å². The molecule has 0 aliphatic carbocycles. The highest BCUT2D eigenvalue weighted by Crippen LogP contribution is 2.27. The summed E-state index contributed by atoms with van der Waals surface area (Å²) in [6, 6.07) is 19.0. The highest BCUT2D eigenvalue weighted by atomic mass is 32.1. The lowest BCUT2D eigenvalue weighted by Crippen LogP contribution is -2.41. The van der Waals surface area contributed by atoms with E-state index in [0.29, 0.717) is 21.8 Å². The van der Waals surface area contributed by atoms with Gasteiger partial charge in [-0.2, -0.15) is 5.10 Å². The highest BCUT2D eigenvalue weighted by molar-refractivity contribution is 7.17. The van der Waals surface area contributed by atoms with Crippen molar-refractivity contribution in [2.24, 2.45) is 0 Å². The zero-order chi connectivity index (χ0) is 20.2. The Balaban J connectivity index is 1.47. The smallest absolute Gasteiger partial charge is 0.277 e. The molecular formula is C21H17N5O2S. The molecule has 0 aliphatic heterocycles. The Kier molecular flexibility index (Phi) is 5.17. The molecule has 144 valence electrons. The number of aromatic nitrogens is 3. The van der Waals surface area contributed by atoms with Gasteiger partial charge in [-0.05, 0) is 6.92 Å². The average molecular weight is 403 g/mol. The Morgan fingerprint density at radius 2 is 1.52 bits per heavy atom. The number of nitrogens with one attached hydrogen (secondary N) is 3. The number of carbonyl (C=O) groups is 2. The Hall–Kier alpha value is -3.78. The number of thiazole rings is 1. The first-order valence-corrected chi connectivity index (χ1v) is 9.67. The molecule has 0 saturated carbocycles. The fourth-order valence-corrected chi connectivity index (χ4v) is 3.80. The number of aromatic amines is 1. The largest absolute Gasteiger partial charge is 0.281 e. The topological polar surface area (TPSA) is 99.8 Å². The van der Waals surface area contributed by atoms with Gasteiger partial charge in [-0.3, -0.25) is 25.5 Å². The Morgan fingerprint density at radius 3 is 2.21 bits per heavy atom. The average Bonchev–Trinajstić information content (AvgIpc) is 3.40. The molecule has 7 nitrogen and oxygen atoms in total. The second-order valence-electron chi connectivity index (χ2n) is 6.23. The van der Waals surface area contributed by atoms with Crippen molar-refractivity contribution in [3.05, 3.63) is 83.0 Å². The molecule has 8 heteroatoms. The molecule has 0 aliphatic rings. The summed E-state index contributed by atoms with van der Waals surface area (Å²) in [5, 5.41) is 7.52. The quantitative estimate of drug-likeness (QED) is 0.454. The lowest BCUT2D eigenvalue weighted by Gasteiger charge is -2.07. The van der Waals surface area contributed by atoms with Crippen molar-refractivity contribution >= 4 is 23.2 Å². The summed E-state index contributed by atoms with van der Waals surface area (Å²) in [5.41, 5.74) is 8.20. The van der Waals surface area contributed by atoms with Crippen molar-refractivity contribution in [3.63, 3.8) is 0 Å². The van der Waals surface area contributed by atoms with E-state index >= 15 is 0 Å². The van der Waals surface area contributed by atoms with E-state index in [9.17, 15) is 9.59 Å². The molecule has 2 heterocycles. The van der Waals surface area contributed by atoms with Crippen LogP contribution >= 0.6 is 11.3 Å². The van der Waals surface area contributed by atoms with Gasteiger partial charge < -0.3 is 0 Å². The fraction of sp³-hybridized carbons (Fsp3) is 0.0476. The van der Waals surface area contributed by atoms with Crippen molar-refractivity contribution in [1.82, 2.24) is 26.0 Å². The van der Waals surface area contributed by atoms with E-state index in [1.807, 2.05) is 60.7 Å². The van der Waals surface area contributed by atoms with Crippen LogP contribution in [-0.4, -0.2) is 27.0 Å². The zero-order valence-electron chi connectivity index (χ0n) is 15.5. The Morgan fingerprint density at radius 1 is 0.897 bits per heavy atom. The number of carbonyl (C=O) groups excluding carboxylic acids is 2. The predicted molar refractivity (Wildman–Crippen MR) is 111 cm³/mol. The summed E-state index contributed by atoms with van der Waals surface area (Å²) in [4.78, 5) is 30.0. The molecule has 4 aromatic rings. The van der Waals surface area contributed by atoms with Gasteiger partial charge in [0.1, 0.15) is 9.88 Å². The molecule has 2 aromatic carbocycles. The summed E-state index contributed by atoms with van der Waals surface area (Å²) >= 11 is 1.28. The first-order valence-electron chi connectivity index (χ1n) is 8.86. The molecule has 3 N–H and O–H groups in total. The van der Waals surface area contributed by atoms with E-state index in [-0.39, 0.29) is 0 Å². The minimum Gasteiger partial charge on any atom is -0.277 e. The molecule has 0 bridgehead atoms. The standard InChI is InChI=1S/C21H17N5O2S/c1-13-18(29-21(23-13)15-10-6-3-7-11-15)20(28)26-25-19(27)16-12-22-24-17(16)14-8-4-2-5-9-14/h2-12H,1H3,(H,22,24)(H,25,27)(H,26,28). The molecule has 4 rings (SSSR count). The van der Waals surface area contributed by atoms with Gasteiger partial charge in [0.15, 0.2) is 0 Å². The number of rotatable bonds is 4. The molecule has 0 fully saturated rings. The molecule has 2 aromatic heterocycles. The van der Waals surface area contributed by atoms with Crippen LogP contribution in [0.1, 0.15) is 25.7 Å². The maximum atomic E-state index is 12.6. The molecule has 0 radical (unpaired) electrons. The van der Waals surface area contributed by atoms with Gasteiger partial charge in [-0.15, -0.1) is 11.3 Å². The van der Waals surface area contributed by atoms with Gasteiger partial charge in [0.05, 0.1) is 23.1 Å². The van der Waals surface area contributed by atoms with Crippen LogP contribution in [0.15, 0.2) is 66.9 Å². The summed E-state index contributed by atoms with van der Waals surface area (Å²) in [6.07, 6.45) is 1.43. The Bertz CT molecular complexity index is 1150. The van der Waals surface area contributed by atoms with E-state index in [1.165, 1.54) is 17.5 Å². The van der Waals surface area contributed by atoms with E-state index in [4.69, 9.17) is 0 Å². The SMILES string of the molecule is Cc1nc(-c2ccccc2)sc1C(=O)NNC(=O)c1cn[nH]c1-c1ccccc1. The number of hydrogen-bond donors (Lipinski definition) is 3. The number of H-pyrrole nitrogens is 1. The van der Waals surface area contributed by atoms with Crippen LogP contribution in [-0.2, 0) is 0 Å². The minimum absolute atomic E-state index is 0.336. The minimum atomic E-state index is -0.462. The fourth-order valence-electron chi connectivity index (χ4n) is 2.83. The lowest BCUT2D eigenvalue weighted by atomic mass is 10.1. The van der Waals surface area contributed by atoms with Crippen LogP contribution in [0.4, 0.5) is 0 Å². The van der Waals surface area contributed by atoms with Crippen LogP contribution < -0.4 is 10.9 Å². The normalized spacial score (nSPS) is 10.5. The van der Waals surface area contributed by atoms with E-state index < -0.39 is 11.8 Å². The maximum Gasteiger partial charge on any atom is 0.281 e. The molecule has 0 saturated heterocycles. The van der Waals surface area contributed by atoms with Crippen LogP contribution in [0.3, 0.4) is 0 Å². The molecule has 2 amide bonds. The van der Waals surface area contributed by atoms with Gasteiger partial charge >= 0.3 is 0 Å². The maximum absolute atomic E-state index is 12.6. The van der Waals surface area contributed by atoms with Crippen LogP contribution in [0, 0.1) is 6.92 Å². The van der Waals surface area contributed by atoms with Gasteiger partial charge in [0.2, 0.25) is 0 Å². The zero-order valence-corrected chi connectivity index (χ0v) is 16.3. The lowest BCUT2D eigenvalue weighted by molar-refractivity contribution is 0.0848. The van der Waals surface area contributed by atoms with Gasteiger partial charge in [0, 0.05) is 11.1 Å². The van der Waals surface area contributed by atoms with Gasteiger partial charge in [0.25, 0.3) is 11.8 Å². The van der Waals surface area contributed by atoms with E-state index in [1.54, 1.807) is 6.92 Å². The summed E-state index contributed by atoms with van der Waals surface area (Å²) in [6.45, 7) is 1.77. The van der Waals surface area contributed by atoms with Crippen molar-refractivity contribution < 1.29 is 9.59 Å². The second-order valence-corrected chi connectivity index (χ2v) is 7.23. The van der Waals surface area contributed by atoms with E-state index in [0.717, 1.165) is 16.1 Å². The first-order chi connectivity index (χ1) is 14.1.